The van der Waals surface area contributed by atoms with Crippen LogP contribution in [0.1, 0.15) is 38.8 Å². The van der Waals surface area contributed by atoms with E-state index in [1.165, 1.54) is 0 Å². The first-order chi connectivity index (χ1) is 17.4. The zero-order valence-corrected chi connectivity index (χ0v) is 24.3. The lowest BCUT2D eigenvalue weighted by Gasteiger charge is -2.17. The van der Waals surface area contributed by atoms with Gasteiger partial charge in [0.2, 0.25) is 12.6 Å². The lowest BCUT2D eigenvalue weighted by atomic mass is 10.0. The second-order valence-electron chi connectivity index (χ2n) is 8.30. The lowest BCUT2D eigenvalue weighted by molar-refractivity contribution is -0.0523. The van der Waals surface area contributed by atoms with Gasteiger partial charge in [0.25, 0.3) is 0 Å². The average Bonchev–Trinajstić information content (AvgIpc) is 2.80. The Morgan fingerprint density at radius 1 is 0.757 bits per heavy atom. The van der Waals surface area contributed by atoms with E-state index in [0.717, 1.165) is 11.1 Å². The van der Waals surface area contributed by atoms with E-state index in [-0.39, 0.29) is 13.2 Å². The van der Waals surface area contributed by atoms with Crippen LogP contribution in [0.25, 0.3) is 0 Å². The summed E-state index contributed by atoms with van der Waals surface area (Å²) in [5, 5.41) is 0. The Labute approximate surface area is 233 Å². The lowest BCUT2D eigenvalue weighted by Crippen LogP contribution is -2.22. The minimum absolute atomic E-state index is 0.0877. The van der Waals surface area contributed by atoms with Crippen molar-refractivity contribution < 1.29 is 38.0 Å². The predicted molar refractivity (Wildman–Crippen MR) is 146 cm³/mol. The third kappa shape index (κ3) is 11.3. The molecule has 0 saturated heterocycles. The zero-order chi connectivity index (χ0) is 27.5. The van der Waals surface area contributed by atoms with E-state index in [4.69, 9.17) is 28.4 Å². The summed E-state index contributed by atoms with van der Waals surface area (Å²) < 4.78 is 32.8. The van der Waals surface area contributed by atoms with Crippen molar-refractivity contribution in [2.45, 2.75) is 46.7 Å². The van der Waals surface area contributed by atoms with Crippen LogP contribution in [0.15, 0.2) is 69.6 Å². The molecule has 2 aromatic rings. The van der Waals surface area contributed by atoms with Gasteiger partial charge >= 0.3 is 12.3 Å². The van der Waals surface area contributed by atoms with Gasteiger partial charge in [-0.25, -0.2) is 9.59 Å². The zero-order valence-electron chi connectivity index (χ0n) is 21.2. The third-order valence-corrected chi connectivity index (χ3v) is 5.62. The van der Waals surface area contributed by atoms with Crippen LogP contribution in [0.5, 0.6) is 11.5 Å². The Morgan fingerprint density at radius 2 is 1.14 bits per heavy atom. The summed E-state index contributed by atoms with van der Waals surface area (Å²) in [4.78, 5) is 23.4. The van der Waals surface area contributed by atoms with E-state index in [9.17, 15) is 9.59 Å². The molecule has 2 unspecified atom stereocenters. The maximum absolute atomic E-state index is 11.7. The highest BCUT2D eigenvalue weighted by atomic mass is 79.9. The molecule has 0 amide bonds. The number of rotatable bonds is 12. The summed E-state index contributed by atoms with van der Waals surface area (Å²) in [6.07, 6.45) is -2.71. The molecule has 0 fully saturated rings. The topological polar surface area (TPSA) is 89.5 Å². The van der Waals surface area contributed by atoms with Gasteiger partial charge in [-0.2, -0.15) is 0 Å². The molecule has 0 saturated carbocycles. The number of ether oxygens (including phenoxy) is 6. The van der Waals surface area contributed by atoms with Crippen LogP contribution in [0.4, 0.5) is 9.59 Å². The Morgan fingerprint density at radius 3 is 1.46 bits per heavy atom. The number of carbonyl (C=O) groups is 2. The van der Waals surface area contributed by atoms with Gasteiger partial charge in [-0.3, -0.25) is 0 Å². The predicted octanol–water partition coefficient (Wildman–Crippen LogP) is 7.71. The van der Waals surface area contributed by atoms with E-state index < -0.39 is 24.9 Å². The van der Waals surface area contributed by atoms with Gasteiger partial charge in [0.1, 0.15) is 24.7 Å². The Bertz CT molecular complexity index is 1040. The monoisotopic (exact) mass is 640 g/mol. The molecule has 200 valence electrons. The van der Waals surface area contributed by atoms with Crippen LogP contribution < -0.4 is 9.47 Å². The number of hydrogen-bond acceptors (Lipinski definition) is 8. The molecule has 0 radical (unpaired) electrons. The normalized spacial score (nSPS) is 12.1. The summed E-state index contributed by atoms with van der Waals surface area (Å²) in [5.41, 5.74) is 3.45. The van der Waals surface area contributed by atoms with Crippen molar-refractivity contribution in [3.63, 3.8) is 0 Å². The second-order valence-corrected chi connectivity index (χ2v) is 10.0. The maximum Gasteiger partial charge on any atom is 0.511 e. The number of carbonyl (C=O) groups excluding carboxylic acids is 2. The van der Waals surface area contributed by atoms with Gasteiger partial charge < -0.3 is 28.4 Å². The SMILES string of the molecule is C=C(C)COC(=O)OC(C)Oc1ccc(Cc2ccc(OC(C)OC(=O)OCC(=C)C)c(Br)c2)cc1Br. The van der Waals surface area contributed by atoms with Gasteiger partial charge in [-0.15, -0.1) is 0 Å². The molecule has 37 heavy (non-hydrogen) atoms. The van der Waals surface area contributed by atoms with Crippen LogP contribution in [0.2, 0.25) is 0 Å². The Balaban J connectivity index is 1.92. The van der Waals surface area contributed by atoms with Crippen molar-refractivity contribution in [1.29, 1.82) is 0 Å². The molecular weight excluding hydrogens is 612 g/mol. The fourth-order valence-electron chi connectivity index (χ4n) is 2.84. The first-order valence-corrected chi connectivity index (χ1v) is 12.9. The van der Waals surface area contributed by atoms with E-state index >= 15 is 0 Å². The fraction of sp³-hybridized carbons (Fsp3) is 0.333. The highest BCUT2D eigenvalue weighted by molar-refractivity contribution is 9.10. The Hall–Kier alpha value is -2.98. The van der Waals surface area contributed by atoms with Crippen molar-refractivity contribution in [3.05, 3.63) is 80.8 Å². The molecular formula is C27H30Br2O8. The first-order valence-electron chi connectivity index (χ1n) is 11.3. The molecule has 0 aliphatic carbocycles. The van der Waals surface area contributed by atoms with Gasteiger partial charge in [-0.05, 0) is 98.7 Å². The molecule has 0 bridgehead atoms. The van der Waals surface area contributed by atoms with Crippen LogP contribution in [-0.4, -0.2) is 38.1 Å². The number of benzene rings is 2. The third-order valence-electron chi connectivity index (χ3n) is 4.38. The summed E-state index contributed by atoms with van der Waals surface area (Å²) in [6, 6.07) is 11.3. The van der Waals surface area contributed by atoms with Gasteiger partial charge in [0, 0.05) is 13.8 Å². The van der Waals surface area contributed by atoms with Gasteiger partial charge in [-0.1, -0.05) is 25.3 Å². The molecule has 2 rings (SSSR count). The van der Waals surface area contributed by atoms with Crippen molar-refractivity contribution in [3.8, 4) is 11.5 Å². The fourth-order valence-corrected chi connectivity index (χ4v) is 3.88. The minimum atomic E-state index is -0.845. The molecule has 2 atom stereocenters. The van der Waals surface area contributed by atoms with Crippen molar-refractivity contribution in [1.82, 2.24) is 0 Å². The van der Waals surface area contributed by atoms with Crippen molar-refractivity contribution >= 4 is 44.2 Å². The summed E-state index contributed by atoms with van der Waals surface area (Å²) >= 11 is 7.01. The maximum atomic E-state index is 11.7. The minimum Gasteiger partial charge on any atom is -0.454 e. The molecule has 10 heteroatoms. The molecule has 8 nitrogen and oxygen atoms in total. The van der Waals surface area contributed by atoms with E-state index in [1.54, 1.807) is 39.8 Å². The van der Waals surface area contributed by atoms with Crippen LogP contribution in [0, 0.1) is 0 Å². The standard InChI is InChI=1S/C27H30Br2O8/c1-16(2)14-32-26(30)36-18(5)34-24-9-7-20(12-22(24)28)11-21-8-10-25(23(29)13-21)35-19(6)37-27(31)33-15-17(3)4/h7-10,12-13,18-19H,1,3,11,14-15H2,2,4-6H3. The Kier molecular flexibility index (Phi) is 12.0. The molecule has 0 aliphatic heterocycles. The van der Waals surface area contributed by atoms with E-state index in [2.05, 4.69) is 45.0 Å². The number of halogens is 2. The average molecular weight is 642 g/mol. The quantitative estimate of drug-likeness (QED) is 0.132. The van der Waals surface area contributed by atoms with Gasteiger partial charge in [0.15, 0.2) is 0 Å². The summed E-state index contributed by atoms with van der Waals surface area (Å²) in [5.74, 6) is 1.04. The van der Waals surface area contributed by atoms with Crippen LogP contribution in [-0.2, 0) is 25.4 Å². The molecule has 0 N–H and O–H groups in total. The smallest absolute Gasteiger partial charge is 0.454 e. The van der Waals surface area contributed by atoms with Crippen molar-refractivity contribution in [2.24, 2.45) is 0 Å². The van der Waals surface area contributed by atoms with E-state index in [0.29, 0.717) is 38.0 Å². The summed E-state index contributed by atoms with van der Waals surface area (Å²) in [6.45, 7) is 14.2. The van der Waals surface area contributed by atoms with Gasteiger partial charge in [0.05, 0.1) is 8.95 Å². The van der Waals surface area contributed by atoms with Crippen LogP contribution in [0.3, 0.4) is 0 Å². The van der Waals surface area contributed by atoms with Crippen molar-refractivity contribution in [2.75, 3.05) is 13.2 Å². The molecule has 2 aromatic carbocycles. The second kappa shape index (κ2) is 14.7. The molecule has 0 spiro atoms. The highest BCUT2D eigenvalue weighted by Crippen LogP contribution is 2.31. The largest absolute Gasteiger partial charge is 0.511 e. The van der Waals surface area contributed by atoms with Crippen LogP contribution >= 0.6 is 31.9 Å². The molecule has 0 heterocycles. The van der Waals surface area contributed by atoms with E-state index in [1.807, 2.05) is 24.3 Å². The summed E-state index contributed by atoms with van der Waals surface area (Å²) in [7, 11) is 0. The first kappa shape index (κ1) is 30.2. The highest BCUT2D eigenvalue weighted by Gasteiger charge is 2.16. The number of hydrogen-bond donors (Lipinski definition) is 0. The molecule has 0 aliphatic rings. The molecule has 0 aromatic heterocycles.